The van der Waals surface area contributed by atoms with Gasteiger partial charge < -0.3 is 9.47 Å². The molecule has 5 heteroatoms. The zero-order valence-corrected chi connectivity index (χ0v) is 11.5. The van der Waals surface area contributed by atoms with E-state index in [-0.39, 0.29) is 0 Å². The number of hydrogen-bond acceptors (Lipinski definition) is 4. The van der Waals surface area contributed by atoms with E-state index in [9.17, 15) is 9.59 Å². The molecule has 0 saturated carbocycles. The Balaban J connectivity index is 3.16. The van der Waals surface area contributed by atoms with Gasteiger partial charge in [-0.15, -0.1) is 6.58 Å². The largest absolute Gasteiger partial charge is 0.468 e. The second-order valence-corrected chi connectivity index (χ2v) is 4.27. The van der Waals surface area contributed by atoms with Crippen LogP contribution in [0.1, 0.15) is 11.5 Å². The topological polar surface area (TPSA) is 52.6 Å². The van der Waals surface area contributed by atoms with Gasteiger partial charge in [-0.25, -0.2) is 0 Å². The summed E-state index contributed by atoms with van der Waals surface area (Å²) in [6.45, 7) is 3.67. The number of rotatable bonds is 5. The highest BCUT2D eigenvalue weighted by atomic mass is 35.5. The van der Waals surface area contributed by atoms with Crippen molar-refractivity contribution in [3.8, 4) is 0 Å². The number of benzene rings is 1. The summed E-state index contributed by atoms with van der Waals surface area (Å²) < 4.78 is 9.30. The Morgan fingerprint density at radius 1 is 1.16 bits per heavy atom. The van der Waals surface area contributed by atoms with E-state index in [1.165, 1.54) is 20.3 Å². The lowest BCUT2D eigenvalue weighted by atomic mass is 9.86. The lowest BCUT2D eigenvalue weighted by Gasteiger charge is -2.20. The van der Waals surface area contributed by atoms with Gasteiger partial charge in [0.15, 0.2) is 5.92 Å². The van der Waals surface area contributed by atoms with E-state index in [0.29, 0.717) is 5.02 Å². The summed E-state index contributed by atoms with van der Waals surface area (Å²) in [6.07, 6.45) is 1.52. The lowest BCUT2D eigenvalue weighted by Crippen LogP contribution is -2.31. The number of allylic oxidation sites excluding steroid dienone is 1. The van der Waals surface area contributed by atoms with Crippen molar-refractivity contribution >= 4 is 23.5 Å². The highest BCUT2D eigenvalue weighted by molar-refractivity contribution is 6.30. The van der Waals surface area contributed by atoms with Crippen LogP contribution in [0.2, 0.25) is 5.02 Å². The van der Waals surface area contributed by atoms with Gasteiger partial charge in [-0.05, 0) is 17.7 Å². The second kappa shape index (κ2) is 6.95. The highest BCUT2D eigenvalue weighted by Crippen LogP contribution is 2.29. The number of methoxy groups -OCH3 is 2. The first kappa shape index (κ1) is 15.2. The quantitative estimate of drug-likeness (QED) is 0.473. The Kier molecular flexibility index (Phi) is 5.57. The fourth-order valence-corrected chi connectivity index (χ4v) is 1.92. The van der Waals surface area contributed by atoms with E-state index in [1.54, 1.807) is 24.3 Å². The number of halogens is 1. The maximum atomic E-state index is 11.8. The summed E-state index contributed by atoms with van der Waals surface area (Å²) in [5, 5.41) is 0.569. The third kappa shape index (κ3) is 3.58. The van der Waals surface area contributed by atoms with Crippen molar-refractivity contribution in [2.45, 2.75) is 5.92 Å². The zero-order chi connectivity index (χ0) is 14.4. The predicted octanol–water partition coefficient (Wildman–Crippen LogP) is 2.57. The van der Waals surface area contributed by atoms with Gasteiger partial charge in [0.1, 0.15) is 0 Å². The van der Waals surface area contributed by atoms with Crippen molar-refractivity contribution in [2.24, 2.45) is 5.92 Å². The molecule has 1 rings (SSSR count). The molecule has 102 valence electrons. The van der Waals surface area contributed by atoms with E-state index in [4.69, 9.17) is 11.6 Å². The fourth-order valence-electron chi connectivity index (χ4n) is 1.79. The van der Waals surface area contributed by atoms with Crippen molar-refractivity contribution in [1.82, 2.24) is 0 Å². The second-order valence-electron chi connectivity index (χ2n) is 3.84. The van der Waals surface area contributed by atoms with E-state index >= 15 is 0 Å². The molecule has 1 atom stereocenters. The number of carbonyl (C=O) groups excluding carboxylic acids is 2. The van der Waals surface area contributed by atoms with Crippen molar-refractivity contribution in [3.05, 3.63) is 47.5 Å². The van der Waals surface area contributed by atoms with Crippen molar-refractivity contribution < 1.29 is 19.1 Å². The molecule has 0 unspecified atom stereocenters. The van der Waals surface area contributed by atoms with Crippen LogP contribution >= 0.6 is 11.6 Å². The molecule has 0 bridgehead atoms. The Labute approximate surface area is 117 Å². The third-order valence-electron chi connectivity index (χ3n) is 2.78. The number of carbonyl (C=O) groups is 2. The van der Waals surface area contributed by atoms with Crippen LogP contribution in [0.4, 0.5) is 0 Å². The molecule has 0 saturated heterocycles. The Hall–Kier alpha value is -1.81. The predicted molar refractivity (Wildman–Crippen MR) is 71.9 cm³/mol. The van der Waals surface area contributed by atoms with Gasteiger partial charge in [-0.1, -0.05) is 29.8 Å². The van der Waals surface area contributed by atoms with E-state index < -0.39 is 23.8 Å². The van der Waals surface area contributed by atoms with Crippen molar-refractivity contribution in [2.75, 3.05) is 14.2 Å². The SMILES string of the molecule is C=C[C@@H](c1ccc(Cl)cc1)C(C(=O)OC)C(=O)OC. The first-order valence-corrected chi connectivity index (χ1v) is 5.96. The molecule has 0 radical (unpaired) electrons. The lowest BCUT2D eigenvalue weighted by molar-refractivity contribution is -0.159. The van der Waals surface area contributed by atoms with Gasteiger partial charge in [0.2, 0.25) is 0 Å². The average molecular weight is 283 g/mol. The van der Waals surface area contributed by atoms with Gasteiger partial charge in [0.05, 0.1) is 14.2 Å². The molecule has 0 aromatic heterocycles. The van der Waals surface area contributed by atoms with Crippen LogP contribution in [0, 0.1) is 5.92 Å². The standard InChI is InChI=1S/C14H15ClO4/c1-4-11(9-5-7-10(15)8-6-9)12(13(16)18-2)14(17)19-3/h4-8,11-12H,1H2,2-3H3/t11-/m0/s1. The number of ether oxygens (including phenoxy) is 2. The Bertz CT molecular complexity index is 451. The zero-order valence-electron chi connectivity index (χ0n) is 10.8. The van der Waals surface area contributed by atoms with Crippen LogP contribution in [-0.2, 0) is 19.1 Å². The molecule has 0 fully saturated rings. The highest BCUT2D eigenvalue weighted by Gasteiger charge is 2.36. The summed E-state index contributed by atoms with van der Waals surface area (Å²) in [6, 6.07) is 6.82. The smallest absolute Gasteiger partial charge is 0.321 e. The maximum Gasteiger partial charge on any atom is 0.321 e. The van der Waals surface area contributed by atoms with Gasteiger partial charge in [-0.3, -0.25) is 9.59 Å². The molecular weight excluding hydrogens is 268 g/mol. The van der Waals surface area contributed by atoms with Gasteiger partial charge in [0.25, 0.3) is 0 Å². The molecule has 0 heterocycles. The van der Waals surface area contributed by atoms with Crippen molar-refractivity contribution in [3.63, 3.8) is 0 Å². The number of hydrogen-bond donors (Lipinski definition) is 0. The Morgan fingerprint density at radius 2 is 1.63 bits per heavy atom. The van der Waals surface area contributed by atoms with Crippen LogP contribution in [0.3, 0.4) is 0 Å². The summed E-state index contributed by atoms with van der Waals surface area (Å²) >= 11 is 5.81. The molecule has 0 spiro atoms. The molecule has 1 aromatic rings. The minimum absolute atomic E-state index is 0.530. The van der Waals surface area contributed by atoms with Gasteiger partial charge in [-0.2, -0.15) is 0 Å². The van der Waals surface area contributed by atoms with Crippen molar-refractivity contribution in [1.29, 1.82) is 0 Å². The molecule has 0 aliphatic carbocycles. The van der Waals surface area contributed by atoms with Gasteiger partial charge >= 0.3 is 11.9 Å². The number of esters is 2. The molecule has 4 nitrogen and oxygen atoms in total. The first-order valence-electron chi connectivity index (χ1n) is 5.58. The molecule has 0 aliphatic rings. The summed E-state index contributed by atoms with van der Waals surface area (Å²) in [5.41, 5.74) is 0.736. The fraction of sp³-hybridized carbons (Fsp3) is 0.286. The molecule has 0 aliphatic heterocycles. The normalized spacial score (nSPS) is 11.8. The van der Waals surface area contributed by atoms with E-state index in [1.807, 2.05) is 0 Å². The third-order valence-corrected chi connectivity index (χ3v) is 3.03. The van der Waals surface area contributed by atoms with Crippen LogP contribution in [0.25, 0.3) is 0 Å². The van der Waals surface area contributed by atoms with Gasteiger partial charge in [0, 0.05) is 10.9 Å². The monoisotopic (exact) mass is 282 g/mol. The molecule has 0 amide bonds. The maximum absolute atomic E-state index is 11.8. The summed E-state index contributed by atoms with van der Waals surface area (Å²) in [5.74, 6) is -2.93. The van der Waals surface area contributed by atoms with E-state index in [2.05, 4.69) is 16.1 Å². The molecule has 1 aromatic carbocycles. The molecule has 19 heavy (non-hydrogen) atoms. The molecule has 0 N–H and O–H groups in total. The Morgan fingerprint density at radius 3 is 2.00 bits per heavy atom. The summed E-state index contributed by atoms with van der Waals surface area (Å²) in [7, 11) is 2.45. The molecular formula is C14H15ClO4. The minimum atomic E-state index is -1.08. The minimum Gasteiger partial charge on any atom is -0.468 e. The van der Waals surface area contributed by atoms with Crippen LogP contribution in [-0.4, -0.2) is 26.2 Å². The van der Waals surface area contributed by atoms with Crippen LogP contribution in [0.15, 0.2) is 36.9 Å². The van der Waals surface area contributed by atoms with Crippen LogP contribution in [0.5, 0.6) is 0 Å². The average Bonchev–Trinajstić information content (AvgIpc) is 2.44. The first-order chi connectivity index (χ1) is 9.04. The van der Waals surface area contributed by atoms with E-state index in [0.717, 1.165) is 5.56 Å². The van der Waals surface area contributed by atoms with Crippen LogP contribution < -0.4 is 0 Å². The summed E-state index contributed by atoms with van der Waals surface area (Å²) in [4.78, 5) is 23.5.